The van der Waals surface area contributed by atoms with Crippen LogP contribution in [0.4, 0.5) is 0 Å². The van der Waals surface area contributed by atoms with Crippen molar-refractivity contribution < 1.29 is 0 Å². The molecule has 0 saturated heterocycles. The van der Waals surface area contributed by atoms with E-state index < -0.39 is 0 Å². The van der Waals surface area contributed by atoms with Crippen LogP contribution in [0.2, 0.25) is 0 Å². The zero-order chi connectivity index (χ0) is 33.1. The Morgan fingerprint density at radius 2 is 0.727 bits per heavy atom. The fourth-order valence-corrected chi connectivity index (χ4v) is 4.97. The number of aryl methyl sites for hydroxylation is 4. The monoisotopic (exact) mass is 590 g/mol. The summed E-state index contributed by atoms with van der Waals surface area (Å²) >= 11 is 0. The summed E-state index contributed by atoms with van der Waals surface area (Å²) < 4.78 is 2.24. The van der Waals surface area contributed by atoms with Gasteiger partial charge in [0.25, 0.3) is 0 Å². The second kappa shape index (κ2) is 20.6. The largest absolute Gasteiger partial charge is 0.344 e. The van der Waals surface area contributed by atoms with Crippen molar-refractivity contribution in [3.8, 4) is 11.1 Å². The highest BCUT2D eigenvalue weighted by Gasteiger charge is 2.15. The maximum Gasteiger partial charge on any atom is 0.129 e. The normalized spacial score (nSPS) is 9.73. The number of fused-ring (bicyclic) bond motifs is 6. The van der Waals surface area contributed by atoms with Crippen LogP contribution in [-0.4, -0.2) is 19.5 Å². The fourth-order valence-electron chi connectivity index (χ4n) is 4.97. The van der Waals surface area contributed by atoms with Gasteiger partial charge in [0.05, 0.1) is 0 Å². The first kappa shape index (κ1) is 37.7. The van der Waals surface area contributed by atoms with Crippen molar-refractivity contribution in [2.45, 2.75) is 82.6 Å². The predicted molar refractivity (Wildman–Crippen MR) is 195 cm³/mol. The maximum absolute atomic E-state index is 4.01. The first-order valence-corrected chi connectivity index (χ1v) is 16.3. The molecule has 0 bridgehead atoms. The van der Waals surface area contributed by atoms with E-state index in [0.29, 0.717) is 0 Å². The van der Waals surface area contributed by atoms with Crippen LogP contribution in [0.25, 0.3) is 32.9 Å². The number of para-hydroxylation sites is 2. The van der Waals surface area contributed by atoms with E-state index >= 15 is 0 Å². The highest BCUT2D eigenvalue weighted by atomic mass is 15.0. The third kappa shape index (κ3) is 9.87. The molecular formula is C40H54N4. The molecule has 6 aromatic rings. The molecule has 0 amide bonds. The molecule has 2 aromatic heterocycles. The number of hydrogen-bond acceptors (Lipinski definition) is 3. The molecule has 2 heterocycles. The van der Waals surface area contributed by atoms with Gasteiger partial charge in [-0.15, -0.1) is 0 Å². The Balaban J connectivity index is 0.000000301. The molecule has 234 valence electrons. The molecule has 4 heteroatoms. The Morgan fingerprint density at radius 3 is 1.09 bits per heavy atom. The summed E-state index contributed by atoms with van der Waals surface area (Å²) in [5.74, 6) is 2.38. The summed E-state index contributed by atoms with van der Waals surface area (Å²) in [7, 11) is 2.12. The van der Waals surface area contributed by atoms with Crippen LogP contribution >= 0.6 is 0 Å². The van der Waals surface area contributed by atoms with Crippen molar-refractivity contribution in [1.29, 1.82) is 0 Å². The van der Waals surface area contributed by atoms with Crippen LogP contribution in [0.5, 0.6) is 0 Å². The molecule has 0 aliphatic heterocycles. The molecule has 0 fully saturated rings. The van der Waals surface area contributed by atoms with Gasteiger partial charge in [-0.05, 0) is 61.6 Å². The number of hydrogen-bond donors (Lipinski definition) is 0. The van der Waals surface area contributed by atoms with Crippen molar-refractivity contribution in [1.82, 2.24) is 19.5 Å². The summed E-state index contributed by atoms with van der Waals surface area (Å²) in [4.78, 5) is 12.0. The van der Waals surface area contributed by atoms with E-state index in [0.717, 1.165) is 23.9 Å². The van der Waals surface area contributed by atoms with Crippen molar-refractivity contribution in [3.05, 3.63) is 126 Å². The van der Waals surface area contributed by atoms with Gasteiger partial charge in [-0.2, -0.15) is 0 Å². The van der Waals surface area contributed by atoms with E-state index in [4.69, 9.17) is 0 Å². The lowest BCUT2D eigenvalue weighted by Crippen LogP contribution is -1.97. The van der Waals surface area contributed by atoms with E-state index in [9.17, 15) is 0 Å². The molecule has 0 saturated carbocycles. The first-order chi connectivity index (χ1) is 21.5. The number of rotatable bonds is 0. The van der Waals surface area contributed by atoms with Gasteiger partial charge >= 0.3 is 0 Å². The van der Waals surface area contributed by atoms with Crippen molar-refractivity contribution >= 4 is 21.8 Å². The Kier molecular flexibility index (Phi) is 17.6. The van der Waals surface area contributed by atoms with Crippen LogP contribution in [0, 0.1) is 20.8 Å². The molecule has 0 radical (unpaired) electrons. The van der Waals surface area contributed by atoms with Crippen LogP contribution in [0.1, 0.15) is 84.0 Å². The average molecular weight is 591 g/mol. The van der Waals surface area contributed by atoms with Crippen molar-refractivity contribution in [2.24, 2.45) is 7.05 Å². The minimum atomic E-state index is 0.792. The second-order valence-corrected chi connectivity index (χ2v) is 9.06. The lowest BCUT2D eigenvalue weighted by atomic mass is 10.1. The predicted octanol–water partition coefficient (Wildman–Crippen LogP) is 11.5. The highest BCUT2D eigenvalue weighted by Crippen LogP contribution is 2.35. The summed E-state index contributed by atoms with van der Waals surface area (Å²) in [5, 5.41) is 2.68. The van der Waals surface area contributed by atoms with Gasteiger partial charge in [0.15, 0.2) is 0 Å². The van der Waals surface area contributed by atoms with Gasteiger partial charge in [-0.3, -0.25) is 0 Å². The molecule has 1 aliphatic carbocycles. The van der Waals surface area contributed by atoms with Crippen LogP contribution in [0.15, 0.2) is 97.1 Å². The van der Waals surface area contributed by atoms with E-state index in [1.54, 1.807) is 0 Å². The molecule has 44 heavy (non-hydrogen) atoms. The Labute approximate surface area is 267 Å². The highest BCUT2D eigenvalue weighted by molar-refractivity contribution is 6.07. The van der Waals surface area contributed by atoms with Gasteiger partial charge in [0.1, 0.15) is 17.5 Å². The minimum absolute atomic E-state index is 0.792. The maximum atomic E-state index is 4.01. The molecule has 0 unspecified atom stereocenters. The van der Waals surface area contributed by atoms with Crippen molar-refractivity contribution in [2.75, 3.05) is 0 Å². The molecule has 0 spiro atoms. The zero-order valence-electron chi connectivity index (χ0n) is 29.2. The standard InChI is InChI=1S/C13H11N.C13H10.C6H9N3.4C2H6/c1-14-12-8-4-2-6-10(12)11-7-3-5-9-13(11)14;1-3-7-12-10(5-1)9-11-6-2-4-8-13(11)12;1-4-7-5(2)9-6(3)8-4;4*1-2/h2-9H,1H3;1-8H,9H2;1-3H3;4*1-2H3. The zero-order valence-corrected chi connectivity index (χ0v) is 29.2. The van der Waals surface area contributed by atoms with Gasteiger partial charge in [0, 0.05) is 28.9 Å². The smallest absolute Gasteiger partial charge is 0.129 e. The van der Waals surface area contributed by atoms with Crippen LogP contribution in [0.3, 0.4) is 0 Å². The number of benzene rings is 4. The quantitative estimate of drug-likeness (QED) is 0.176. The number of aromatic nitrogens is 4. The van der Waals surface area contributed by atoms with Crippen LogP contribution < -0.4 is 0 Å². The van der Waals surface area contributed by atoms with Gasteiger partial charge < -0.3 is 4.57 Å². The van der Waals surface area contributed by atoms with E-state index in [1.165, 1.54) is 44.1 Å². The Hall–Kier alpha value is -4.31. The third-order valence-electron chi connectivity index (χ3n) is 6.50. The van der Waals surface area contributed by atoms with Gasteiger partial charge in [0.2, 0.25) is 0 Å². The molecule has 1 aliphatic rings. The summed E-state index contributed by atoms with van der Waals surface area (Å²) in [6.07, 6.45) is 1.10. The van der Waals surface area contributed by atoms with Crippen molar-refractivity contribution in [3.63, 3.8) is 0 Å². The summed E-state index contributed by atoms with van der Waals surface area (Å²) in [5.41, 5.74) is 8.35. The van der Waals surface area contributed by atoms with E-state index in [1.807, 2.05) is 76.2 Å². The van der Waals surface area contributed by atoms with E-state index in [2.05, 4.69) is 124 Å². The average Bonchev–Trinajstić information content (AvgIpc) is 3.60. The molecule has 0 N–H and O–H groups in total. The number of nitrogens with zero attached hydrogens (tertiary/aromatic N) is 4. The molecule has 0 atom stereocenters. The lowest BCUT2D eigenvalue weighted by Gasteiger charge is -1.98. The topological polar surface area (TPSA) is 43.6 Å². The second-order valence-electron chi connectivity index (χ2n) is 9.06. The summed E-state index contributed by atoms with van der Waals surface area (Å²) in [6.45, 7) is 21.6. The van der Waals surface area contributed by atoms with Gasteiger partial charge in [-0.1, -0.05) is 140 Å². The third-order valence-corrected chi connectivity index (χ3v) is 6.50. The van der Waals surface area contributed by atoms with Gasteiger partial charge in [-0.25, -0.2) is 15.0 Å². The Bertz CT molecular complexity index is 1520. The lowest BCUT2D eigenvalue weighted by molar-refractivity contribution is 0.875. The minimum Gasteiger partial charge on any atom is -0.344 e. The summed E-state index contributed by atoms with van der Waals surface area (Å²) in [6, 6.07) is 34.3. The van der Waals surface area contributed by atoms with E-state index in [-0.39, 0.29) is 0 Å². The molecule has 4 aromatic carbocycles. The van der Waals surface area contributed by atoms with Crippen LogP contribution in [-0.2, 0) is 13.5 Å². The Morgan fingerprint density at radius 1 is 0.432 bits per heavy atom. The first-order valence-electron chi connectivity index (χ1n) is 16.3. The molecule has 7 rings (SSSR count). The molecular weight excluding hydrogens is 536 g/mol. The SMILES string of the molecule is CC.CC.CC.CC.Cc1nc(C)nc(C)n1.Cn1c2ccccc2c2ccccc21.c1ccc2c(c1)Cc1ccccc1-2. The molecule has 4 nitrogen and oxygen atoms in total. The fraction of sp³-hybridized carbons (Fsp3) is 0.325.